The number of hydrazone groups is 1. The number of amides is 1. The number of carbonyl (C=O) groups excluding carboxylic acids is 1. The van der Waals surface area contributed by atoms with E-state index in [9.17, 15) is 13.2 Å². The fourth-order valence-electron chi connectivity index (χ4n) is 4.87. The van der Waals surface area contributed by atoms with E-state index in [0.29, 0.717) is 34.8 Å². The molecule has 1 N–H and O–H groups in total. The lowest BCUT2D eigenvalue weighted by atomic mass is 9.95. The summed E-state index contributed by atoms with van der Waals surface area (Å²) in [4.78, 5) is 13.2. The van der Waals surface area contributed by atoms with Crippen molar-refractivity contribution < 1.29 is 22.7 Å². The van der Waals surface area contributed by atoms with Crippen LogP contribution >= 0.6 is 0 Å². The number of aryl methyl sites for hydroxylation is 3. The van der Waals surface area contributed by atoms with Crippen molar-refractivity contribution in [1.29, 1.82) is 0 Å². The fraction of sp³-hybridized carbons (Fsp3) is 0.481. The average molecular weight is 516 g/mol. The van der Waals surface area contributed by atoms with Crippen LogP contribution in [0.5, 0.6) is 11.5 Å². The van der Waals surface area contributed by atoms with Gasteiger partial charge in [-0.1, -0.05) is 37.0 Å². The monoisotopic (exact) mass is 515 g/mol. The molecule has 0 saturated heterocycles. The number of hydrogen-bond acceptors (Lipinski definition) is 6. The molecule has 3 rings (SSSR count). The molecule has 0 spiro atoms. The summed E-state index contributed by atoms with van der Waals surface area (Å²) in [6.07, 6.45) is 5.94. The molecule has 1 amide bonds. The van der Waals surface area contributed by atoms with Gasteiger partial charge in [-0.05, 0) is 75.4 Å². The van der Waals surface area contributed by atoms with E-state index in [1.807, 2.05) is 26.0 Å². The van der Waals surface area contributed by atoms with E-state index in [-0.39, 0.29) is 17.5 Å². The smallest absolute Gasteiger partial charge is 0.255 e. The maximum Gasteiger partial charge on any atom is 0.255 e. The first-order valence-electron chi connectivity index (χ1n) is 12.4. The van der Waals surface area contributed by atoms with Crippen LogP contribution in [-0.2, 0) is 14.8 Å². The number of nitrogens with zero attached hydrogens (tertiary/aromatic N) is 2. The zero-order valence-electron chi connectivity index (χ0n) is 21.8. The summed E-state index contributed by atoms with van der Waals surface area (Å²) in [7, 11) is -2.33. The minimum Gasteiger partial charge on any atom is -0.493 e. The van der Waals surface area contributed by atoms with E-state index >= 15 is 0 Å². The summed E-state index contributed by atoms with van der Waals surface area (Å²) in [5.74, 6) is 0.697. The highest BCUT2D eigenvalue weighted by Crippen LogP contribution is 2.31. The summed E-state index contributed by atoms with van der Waals surface area (Å²) in [6.45, 7) is 7.68. The van der Waals surface area contributed by atoms with E-state index in [1.54, 1.807) is 39.2 Å². The first-order chi connectivity index (χ1) is 17.2. The van der Waals surface area contributed by atoms with Gasteiger partial charge in [-0.25, -0.2) is 13.8 Å². The number of sulfonamides is 1. The molecule has 0 aromatic heterocycles. The standard InChI is InChI=1S/C27H37N3O5S/c1-6-35-24-13-12-22(16-25(24)34-5)17-28-29-26(31)18-30(23-10-8-7-9-11-23)36(32,33)27-20(3)14-19(2)15-21(27)4/h12-17,23H,6-11,18H2,1-5H3,(H,29,31)/b28-17+. The van der Waals surface area contributed by atoms with Gasteiger partial charge in [0.1, 0.15) is 0 Å². The molecule has 36 heavy (non-hydrogen) atoms. The minimum absolute atomic E-state index is 0.214. The summed E-state index contributed by atoms with van der Waals surface area (Å²) in [6, 6.07) is 8.85. The third-order valence-corrected chi connectivity index (χ3v) is 8.55. The minimum atomic E-state index is -3.88. The van der Waals surface area contributed by atoms with Gasteiger partial charge >= 0.3 is 0 Å². The molecule has 0 atom stereocenters. The predicted octanol–water partition coefficient (Wildman–Crippen LogP) is 4.49. The summed E-state index contributed by atoms with van der Waals surface area (Å²) in [5, 5.41) is 4.05. The average Bonchev–Trinajstić information content (AvgIpc) is 2.83. The molecule has 9 heteroatoms. The second-order valence-corrected chi connectivity index (χ2v) is 11.0. The molecule has 0 heterocycles. The van der Waals surface area contributed by atoms with Gasteiger partial charge in [0.05, 0.1) is 31.4 Å². The Morgan fingerprint density at radius 3 is 2.36 bits per heavy atom. The lowest BCUT2D eigenvalue weighted by molar-refractivity contribution is -0.121. The molecule has 2 aromatic carbocycles. The number of benzene rings is 2. The Morgan fingerprint density at radius 1 is 1.08 bits per heavy atom. The van der Waals surface area contributed by atoms with Crippen molar-refractivity contribution in [3.8, 4) is 11.5 Å². The predicted molar refractivity (Wildman–Crippen MR) is 141 cm³/mol. The number of methoxy groups -OCH3 is 1. The molecular weight excluding hydrogens is 478 g/mol. The van der Waals surface area contributed by atoms with Crippen LogP contribution in [0.1, 0.15) is 61.3 Å². The van der Waals surface area contributed by atoms with E-state index in [4.69, 9.17) is 9.47 Å². The van der Waals surface area contributed by atoms with Gasteiger partial charge < -0.3 is 9.47 Å². The molecule has 0 aliphatic heterocycles. The largest absolute Gasteiger partial charge is 0.493 e. The molecule has 0 bridgehead atoms. The normalized spacial score (nSPS) is 14.8. The Balaban J connectivity index is 1.80. The van der Waals surface area contributed by atoms with Crippen LogP contribution in [0.2, 0.25) is 0 Å². The Labute approximate surface area is 214 Å². The second-order valence-electron chi connectivity index (χ2n) is 9.21. The van der Waals surface area contributed by atoms with Gasteiger partial charge in [0.2, 0.25) is 10.0 Å². The molecule has 1 aliphatic carbocycles. The maximum atomic E-state index is 13.9. The first kappa shape index (κ1) is 27.7. The van der Waals surface area contributed by atoms with Crippen molar-refractivity contribution in [3.05, 3.63) is 52.6 Å². The van der Waals surface area contributed by atoms with Crippen molar-refractivity contribution >= 4 is 22.1 Å². The van der Waals surface area contributed by atoms with Gasteiger partial charge in [-0.15, -0.1) is 0 Å². The van der Waals surface area contributed by atoms with Crippen LogP contribution in [0.4, 0.5) is 0 Å². The highest BCUT2D eigenvalue weighted by Gasteiger charge is 2.35. The van der Waals surface area contributed by atoms with Crippen LogP contribution in [0, 0.1) is 20.8 Å². The van der Waals surface area contributed by atoms with Crippen molar-refractivity contribution in [2.24, 2.45) is 5.10 Å². The van der Waals surface area contributed by atoms with Gasteiger partial charge in [0.25, 0.3) is 5.91 Å². The lowest BCUT2D eigenvalue weighted by Crippen LogP contribution is -2.46. The summed E-state index contributed by atoms with van der Waals surface area (Å²) in [5.41, 5.74) is 5.59. The maximum absolute atomic E-state index is 13.9. The highest BCUT2D eigenvalue weighted by molar-refractivity contribution is 7.89. The van der Waals surface area contributed by atoms with Crippen molar-refractivity contribution in [3.63, 3.8) is 0 Å². The molecular formula is C27H37N3O5S. The Hall–Kier alpha value is -2.91. The molecule has 0 radical (unpaired) electrons. The van der Waals surface area contributed by atoms with Crippen LogP contribution in [0.15, 0.2) is 40.3 Å². The van der Waals surface area contributed by atoms with Gasteiger partial charge in [-0.2, -0.15) is 9.41 Å². The SMILES string of the molecule is CCOc1ccc(/C=N/NC(=O)CN(C2CCCCC2)S(=O)(=O)c2c(C)cc(C)cc2C)cc1OC. The molecule has 196 valence electrons. The van der Waals surface area contributed by atoms with Crippen LogP contribution in [-0.4, -0.2) is 51.1 Å². The quantitative estimate of drug-likeness (QED) is 0.371. The number of nitrogens with one attached hydrogen (secondary N) is 1. The topological polar surface area (TPSA) is 97.3 Å². The zero-order chi connectivity index (χ0) is 26.3. The van der Waals surface area contributed by atoms with Gasteiger partial charge in [-0.3, -0.25) is 4.79 Å². The molecule has 1 saturated carbocycles. The van der Waals surface area contributed by atoms with E-state index in [1.165, 1.54) is 10.5 Å². The Morgan fingerprint density at radius 2 is 1.75 bits per heavy atom. The van der Waals surface area contributed by atoms with Crippen molar-refractivity contribution in [1.82, 2.24) is 9.73 Å². The molecule has 2 aromatic rings. The Kier molecular flexibility index (Phi) is 9.50. The second kappa shape index (κ2) is 12.4. The fourth-order valence-corrected chi connectivity index (χ4v) is 6.92. The lowest BCUT2D eigenvalue weighted by Gasteiger charge is -2.33. The number of ether oxygens (including phenoxy) is 2. The van der Waals surface area contributed by atoms with Crippen molar-refractivity contribution in [2.75, 3.05) is 20.3 Å². The number of rotatable bonds is 10. The number of hydrogen-bond donors (Lipinski definition) is 1. The zero-order valence-corrected chi connectivity index (χ0v) is 22.7. The highest BCUT2D eigenvalue weighted by atomic mass is 32.2. The number of carbonyl (C=O) groups is 1. The van der Waals surface area contributed by atoms with E-state index in [2.05, 4.69) is 10.5 Å². The summed E-state index contributed by atoms with van der Waals surface area (Å²) < 4.78 is 39.9. The van der Waals surface area contributed by atoms with Crippen molar-refractivity contribution in [2.45, 2.75) is 70.7 Å². The molecule has 8 nitrogen and oxygen atoms in total. The molecule has 1 aliphatic rings. The first-order valence-corrected chi connectivity index (χ1v) is 13.8. The summed E-state index contributed by atoms with van der Waals surface area (Å²) >= 11 is 0. The van der Waals surface area contributed by atoms with Crippen LogP contribution < -0.4 is 14.9 Å². The van der Waals surface area contributed by atoms with Gasteiger partial charge in [0, 0.05) is 6.04 Å². The van der Waals surface area contributed by atoms with Crippen LogP contribution in [0.25, 0.3) is 0 Å². The van der Waals surface area contributed by atoms with Crippen LogP contribution in [0.3, 0.4) is 0 Å². The third-order valence-electron chi connectivity index (χ3n) is 6.34. The Bertz CT molecular complexity index is 1180. The molecule has 0 unspecified atom stereocenters. The molecule has 1 fully saturated rings. The van der Waals surface area contributed by atoms with Gasteiger partial charge in [0.15, 0.2) is 11.5 Å². The third kappa shape index (κ3) is 6.64. The van der Waals surface area contributed by atoms with E-state index < -0.39 is 15.9 Å². The van der Waals surface area contributed by atoms with E-state index in [0.717, 1.165) is 37.7 Å².